The molecule has 0 saturated heterocycles. The molecule has 0 spiro atoms. The third kappa shape index (κ3) is 5.55. The van der Waals surface area contributed by atoms with E-state index in [-0.39, 0.29) is 73.8 Å². The molecular weight excluding hydrogens is 289 g/mol. The van der Waals surface area contributed by atoms with Gasteiger partial charge in [0.1, 0.15) is 0 Å². The van der Waals surface area contributed by atoms with Gasteiger partial charge in [-0.05, 0) is 24.1 Å². The van der Waals surface area contributed by atoms with Crippen LogP contribution in [0.2, 0.25) is 0 Å². The Labute approximate surface area is 149 Å². The van der Waals surface area contributed by atoms with Gasteiger partial charge in [0.05, 0.1) is 5.56 Å². The van der Waals surface area contributed by atoms with Crippen LogP contribution in [0.5, 0.6) is 0 Å². The van der Waals surface area contributed by atoms with E-state index in [9.17, 15) is 17.7 Å². The molecule has 1 N–H and O–H groups in total. The molecule has 0 saturated carbocycles. The maximum absolute atomic E-state index is 12.4. The number of benzene rings is 1. The van der Waals surface area contributed by atoms with Gasteiger partial charge in [-0.15, -0.1) is 0 Å². The van der Waals surface area contributed by atoms with Crippen molar-refractivity contribution in [1.82, 2.24) is 0 Å². The molecule has 0 aliphatic rings. The zero-order valence-electron chi connectivity index (χ0n) is 10.3. The van der Waals surface area contributed by atoms with Crippen molar-refractivity contribution in [2.24, 2.45) is 5.11 Å². The summed E-state index contributed by atoms with van der Waals surface area (Å²) in [5, 5.41) is 12.0. The third-order valence-corrected chi connectivity index (χ3v) is 2.34. The first-order chi connectivity index (χ1) is 8.24. The molecule has 0 bridgehead atoms. The van der Waals surface area contributed by atoms with Crippen LogP contribution >= 0.6 is 0 Å². The zero-order chi connectivity index (χ0) is 13.9. The number of rotatable bonds is 4. The first kappa shape index (κ1) is 18.5. The summed E-state index contributed by atoms with van der Waals surface area (Å²) in [5.41, 5.74) is 7.63. The first-order valence-corrected chi connectivity index (χ1v) is 4.87. The van der Waals surface area contributed by atoms with E-state index in [1.165, 1.54) is 6.92 Å². The molecule has 0 aliphatic carbocycles. The maximum atomic E-state index is 12.4. The second-order valence-electron chi connectivity index (χ2n) is 3.69. The van der Waals surface area contributed by atoms with Crippen LogP contribution < -0.4 is 51.4 Å². The minimum absolute atomic E-state index is 0. The van der Waals surface area contributed by atoms with Gasteiger partial charge in [0.15, 0.2) is 0 Å². The van der Waals surface area contributed by atoms with Gasteiger partial charge in [-0.1, -0.05) is 23.1 Å². The summed E-state index contributed by atoms with van der Waals surface area (Å²) >= 11 is 0. The molecule has 0 amide bonds. The standard InChI is InChI=1S/C9H8BF3N3O2.K/c1-5-6(4-10(11,12)13)2-7(15-16-14)3-8(5)9(17)18;/h2-3H,4H2,1H3,(H,17,18);/q-1;+1. The topological polar surface area (TPSA) is 86.1 Å². The summed E-state index contributed by atoms with van der Waals surface area (Å²) in [6.45, 7) is -3.80. The number of aromatic carboxylic acids is 1. The Morgan fingerprint density at radius 3 is 2.47 bits per heavy atom. The molecule has 0 atom stereocenters. The largest absolute Gasteiger partial charge is 1.00 e. The number of halogens is 3. The van der Waals surface area contributed by atoms with Crippen LogP contribution in [-0.4, -0.2) is 18.1 Å². The molecule has 0 unspecified atom stereocenters. The van der Waals surface area contributed by atoms with Gasteiger partial charge in [0.2, 0.25) is 0 Å². The summed E-state index contributed by atoms with van der Waals surface area (Å²) in [6, 6.07) is 2.10. The number of nitrogens with zero attached hydrogens (tertiary/aromatic N) is 3. The third-order valence-electron chi connectivity index (χ3n) is 2.34. The normalized spacial score (nSPS) is 10.3. The Morgan fingerprint density at radius 1 is 1.47 bits per heavy atom. The van der Waals surface area contributed by atoms with E-state index in [0.29, 0.717) is 0 Å². The summed E-state index contributed by atoms with van der Waals surface area (Å²) in [7, 11) is 0. The summed E-state index contributed by atoms with van der Waals surface area (Å²) in [5.74, 6) is -1.36. The Balaban J connectivity index is 0.00000324. The number of carboxylic acids is 1. The number of azide groups is 1. The van der Waals surface area contributed by atoms with Crippen molar-refractivity contribution in [2.45, 2.75) is 13.2 Å². The average molecular weight is 297 g/mol. The van der Waals surface area contributed by atoms with Gasteiger partial charge in [0.25, 0.3) is 0 Å². The Bertz CT molecular complexity index is 544. The van der Waals surface area contributed by atoms with Crippen LogP contribution in [0.25, 0.3) is 10.4 Å². The molecule has 5 nitrogen and oxygen atoms in total. The predicted molar refractivity (Wildman–Crippen MR) is 59.7 cm³/mol. The van der Waals surface area contributed by atoms with Crippen molar-refractivity contribution >= 4 is 18.6 Å². The Hall–Kier alpha value is -0.509. The quantitative estimate of drug-likeness (QED) is 0.381. The fourth-order valence-corrected chi connectivity index (χ4v) is 1.55. The van der Waals surface area contributed by atoms with Gasteiger partial charge >= 0.3 is 64.3 Å². The van der Waals surface area contributed by atoms with Gasteiger partial charge in [-0.25, -0.2) is 4.79 Å². The van der Waals surface area contributed by atoms with Crippen LogP contribution in [0, 0.1) is 6.92 Å². The summed E-state index contributed by atoms with van der Waals surface area (Å²) in [4.78, 5) is 13.3. The molecule has 96 valence electrons. The Kier molecular flexibility index (Phi) is 7.12. The SMILES string of the molecule is Cc1c(C[B-](F)(F)F)cc(N=[N+]=[N-])cc1C(=O)O.[K+]. The fourth-order valence-electron chi connectivity index (χ4n) is 1.55. The smallest absolute Gasteiger partial charge is 0.478 e. The van der Waals surface area contributed by atoms with E-state index in [0.717, 1.165) is 12.1 Å². The number of hydrogen-bond acceptors (Lipinski definition) is 2. The van der Waals surface area contributed by atoms with Crippen LogP contribution in [0.3, 0.4) is 0 Å². The van der Waals surface area contributed by atoms with Gasteiger partial charge in [-0.2, -0.15) is 0 Å². The number of hydrogen-bond donors (Lipinski definition) is 1. The minimum atomic E-state index is -5.09. The molecule has 0 aliphatic heterocycles. The van der Waals surface area contributed by atoms with Crippen LogP contribution in [0.1, 0.15) is 21.5 Å². The maximum Gasteiger partial charge on any atom is 1.00 e. The summed E-state index contributed by atoms with van der Waals surface area (Å²) in [6.07, 6.45) is -1.21. The molecule has 1 aromatic rings. The van der Waals surface area contributed by atoms with E-state index in [4.69, 9.17) is 10.6 Å². The molecule has 19 heavy (non-hydrogen) atoms. The monoisotopic (exact) mass is 297 g/mol. The van der Waals surface area contributed by atoms with Crippen molar-refractivity contribution in [2.75, 3.05) is 0 Å². The predicted octanol–water partition coefficient (Wildman–Crippen LogP) is 0.568. The van der Waals surface area contributed by atoms with Crippen molar-refractivity contribution in [3.05, 3.63) is 39.3 Å². The summed E-state index contributed by atoms with van der Waals surface area (Å²) < 4.78 is 37.2. The van der Waals surface area contributed by atoms with Gasteiger partial charge in [-0.3, -0.25) is 0 Å². The van der Waals surface area contributed by atoms with Crippen molar-refractivity contribution in [1.29, 1.82) is 0 Å². The zero-order valence-corrected chi connectivity index (χ0v) is 13.4. The number of carboxylic acid groups (broad SMARTS) is 1. The van der Waals surface area contributed by atoms with E-state index in [1.807, 2.05) is 0 Å². The number of carbonyl (C=O) groups is 1. The first-order valence-electron chi connectivity index (χ1n) is 4.87. The average Bonchev–Trinajstić information content (AvgIpc) is 2.20. The fraction of sp³-hybridized carbons (Fsp3) is 0.222. The van der Waals surface area contributed by atoms with Crippen molar-refractivity contribution in [3.8, 4) is 0 Å². The van der Waals surface area contributed by atoms with Crippen LogP contribution in [0.15, 0.2) is 17.2 Å². The van der Waals surface area contributed by atoms with Crippen molar-refractivity contribution in [3.63, 3.8) is 0 Å². The molecular formula is C9H8BF3KN3O2. The molecule has 0 heterocycles. The second kappa shape index (κ2) is 7.32. The molecule has 0 fully saturated rings. The molecule has 1 aromatic carbocycles. The van der Waals surface area contributed by atoms with Crippen LogP contribution in [-0.2, 0) is 6.32 Å². The second-order valence-corrected chi connectivity index (χ2v) is 3.69. The van der Waals surface area contributed by atoms with Crippen LogP contribution in [0.4, 0.5) is 18.6 Å². The molecule has 1 rings (SSSR count). The molecule has 0 radical (unpaired) electrons. The van der Waals surface area contributed by atoms with E-state index < -0.39 is 19.3 Å². The molecule has 10 heteroatoms. The minimum Gasteiger partial charge on any atom is -0.478 e. The molecule has 0 aromatic heterocycles. The Morgan fingerprint density at radius 2 is 2.05 bits per heavy atom. The van der Waals surface area contributed by atoms with E-state index in [1.54, 1.807) is 0 Å². The van der Waals surface area contributed by atoms with Gasteiger partial charge in [0, 0.05) is 10.6 Å². The van der Waals surface area contributed by atoms with Crippen molar-refractivity contribution < 1.29 is 74.2 Å². The van der Waals surface area contributed by atoms with E-state index >= 15 is 0 Å². The van der Waals surface area contributed by atoms with E-state index in [2.05, 4.69) is 10.0 Å². The van der Waals surface area contributed by atoms with Gasteiger partial charge < -0.3 is 18.1 Å².